The Morgan fingerprint density at radius 3 is 2.76 bits per heavy atom. The van der Waals surface area contributed by atoms with E-state index in [2.05, 4.69) is 22.5 Å². The van der Waals surface area contributed by atoms with E-state index in [-0.39, 0.29) is 18.2 Å². The van der Waals surface area contributed by atoms with Gasteiger partial charge < -0.3 is 25.4 Å². The molecule has 6 heteroatoms. The summed E-state index contributed by atoms with van der Waals surface area (Å²) in [5.41, 5.74) is 0. The Morgan fingerprint density at radius 2 is 2.14 bits per heavy atom. The zero-order valence-corrected chi connectivity index (χ0v) is 13.2. The predicted molar refractivity (Wildman–Crippen MR) is 81.2 cm³/mol. The van der Waals surface area contributed by atoms with E-state index in [4.69, 9.17) is 4.74 Å². The SMILES string of the molecule is CCCCN(C)CC1OCC(NC(=O)NC2CCC2)C1O. The molecule has 1 heterocycles. The number of ether oxygens (including phenoxy) is 1. The van der Waals surface area contributed by atoms with Gasteiger partial charge in [-0.1, -0.05) is 13.3 Å². The smallest absolute Gasteiger partial charge is 0.315 e. The molecular weight excluding hydrogens is 270 g/mol. The lowest BCUT2D eigenvalue weighted by atomic mass is 9.93. The van der Waals surface area contributed by atoms with Crippen LogP contribution in [0.15, 0.2) is 0 Å². The van der Waals surface area contributed by atoms with Crippen LogP contribution in [0, 0.1) is 0 Å². The van der Waals surface area contributed by atoms with Crippen molar-refractivity contribution in [1.29, 1.82) is 0 Å². The first kappa shape index (κ1) is 16.5. The molecule has 0 aromatic carbocycles. The van der Waals surface area contributed by atoms with Crippen LogP contribution in [0.25, 0.3) is 0 Å². The molecule has 0 aromatic rings. The molecule has 2 rings (SSSR count). The van der Waals surface area contributed by atoms with Gasteiger partial charge in [-0.25, -0.2) is 4.79 Å². The largest absolute Gasteiger partial charge is 0.388 e. The highest BCUT2D eigenvalue weighted by Crippen LogP contribution is 2.18. The van der Waals surface area contributed by atoms with E-state index in [0.717, 1.165) is 32.2 Å². The number of unbranched alkanes of at least 4 members (excludes halogenated alkanes) is 1. The lowest BCUT2D eigenvalue weighted by molar-refractivity contribution is 0.0201. The van der Waals surface area contributed by atoms with Gasteiger partial charge in [0.25, 0.3) is 0 Å². The maximum atomic E-state index is 11.8. The average Bonchev–Trinajstić information content (AvgIpc) is 2.73. The fraction of sp³-hybridized carbons (Fsp3) is 0.933. The normalized spacial score (nSPS) is 29.4. The molecule has 122 valence electrons. The van der Waals surface area contributed by atoms with E-state index in [1.165, 1.54) is 6.42 Å². The summed E-state index contributed by atoms with van der Waals surface area (Å²) >= 11 is 0. The topological polar surface area (TPSA) is 73.8 Å². The van der Waals surface area contributed by atoms with E-state index in [0.29, 0.717) is 19.2 Å². The Bertz CT molecular complexity index is 336. The summed E-state index contributed by atoms with van der Waals surface area (Å²) in [5, 5.41) is 16.0. The Hall–Kier alpha value is -0.850. The molecule has 1 saturated carbocycles. The molecule has 1 aliphatic carbocycles. The van der Waals surface area contributed by atoms with Gasteiger partial charge in [0.15, 0.2) is 0 Å². The Labute approximate surface area is 127 Å². The molecule has 2 amide bonds. The maximum Gasteiger partial charge on any atom is 0.315 e. The van der Waals surface area contributed by atoms with Crippen LogP contribution in [-0.2, 0) is 4.74 Å². The molecule has 3 N–H and O–H groups in total. The number of amides is 2. The van der Waals surface area contributed by atoms with Crippen LogP contribution < -0.4 is 10.6 Å². The summed E-state index contributed by atoms with van der Waals surface area (Å²) in [4.78, 5) is 14.0. The molecule has 0 bridgehead atoms. The van der Waals surface area contributed by atoms with Crippen LogP contribution in [0.2, 0.25) is 0 Å². The van der Waals surface area contributed by atoms with Crippen molar-refractivity contribution in [2.24, 2.45) is 0 Å². The van der Waals surface area contributed by atoms with Gasteiger partial charge in [-0.2, -0.15) is 0 Å². The lowest BCUT2D eigenvalue weighted by Gasteiger charge is -2.28. The predicted octanol–water partition coefficient (Wildman–Crippen LogP) is 0.698. The Kier molecular flexibility index (Phi) is 6.26. The summed E-state index contributed by atoms with van der Waals surface area (Å²) in [7, 11) is 2.04. The minimum atomic E-state index is -0.638. The molecule has 1 aliphatic heterocycles. The van der Waals surface area contributed by atoms with E-state index < -0.39 is 6.10 Å². The monoisotopic (exact) mass is 299 g/mol. The molecule has 0 radical (unpaired) electrons. The van der Waals surface area contributed by atoms with Crippen molar-refractivity contribution in [2.45, 2.75) is 63.3 Å². The average molecular weight is 299 g/mol. The van der Waals surface area contributed by atoms with E-state index >= 15 is 0 Å². The minimum absolute atomic E-state index is 0.188. The second-order valence-corrected chi connectivity index (χ2v) is 6.33. The number of likely N-dealkylation sites (N-methyl/N-ethyl adjacent to an activating group) is 1. The van der Waals surface area contributed by atoms with Gasteiger partial charge >= 0.3 is 6.03 Å². The van der Waals surface area contributed by atoms with Crippen LogP contribution in [0.4, 0.5) is 4.79 Å². The number of aliphatic hydroxyl groups excluding tert-OH is 1. The number of nitrogens with zero attached hydrogens (tertiary/aromatic N) is 1. The first-order valence-electron chi connectivity index (χ1n) is 8.15. The Balaban J connectivity index is 1.69. The molecule has 6 nitrogen and oxygen atoms in total. The van der Waals surface area contributed by atoms with Gasteiger partial charge in [0.1, 0.15) is 6.10 Å². The van der Waals surface area contributed by atoms with Crippen molar-refractivity contribution in [3.8, 4) is 0 Å². The number of carbonyl (C=O) groups is 1. The first-order valence-corrected chi connectivity index (χ1v) is 8.15. The highest BCUT2D eigenvalue weighted by atomic mass is 16.5. The molecule has 0 aromatic heterocycles. The van der Waals surface area contributed by atoms with Crippen molar-refractivity contribution >= 4 is 6.03 Å². The van der Waals surface area contributed by atoms with Crippen LogP contribution in [0.1, 0.15) is 39.0 Å². The van der Waals surface area contributed by atoms with Crippen LogP contribution in [0.5, 0.6) is 0 Å². The molecule has 21 heavy (non-hydrogen) atoms. The zero-order chi connectivity index (χ0) is 15.2. The Morgan fingerprint density at radius 1 is 1.38 bits per heavy atom. The molecule has 2 fully saturated rings. The highest BCUT2D eigenvalue weighted by Gasteiger charge is 2.37. The van der Waals surface area contributed by atoms with E-state index in [9.17, 15) is 9.90 Å². The van der Waals surface area contributed by atoms with Crippen molar-refractivity contribution in [3.05, 3.63) is 0 Å². The maximum absolute atomic E-state index is 11.8. The summed E-state index contributed by atoms with van der Waals surface area (Å²) in [6.45, 7) is 4.24. The van der Waals surface area contributed by atoms with Crippen molar-refractivity contribution < 1.29 is 14.6 Å². The minimum Gasteiger partial charge on any atom is -0.388 e. The summed E-state index contributed by atoms with van der Waals surface area (Å²) in [6, 6.07) is -0.192. The van der Waals surface area contributed by atoms with Gasteiger partial charge in [-0.3, -0.25) is 0 Å². The van der Waals surface area contributed by atoms with E-state index in [1.807, 2.05) is 7.05 Å². The van der Waals surface area contributed by atoms with Gasteiger partial charge in [-0.05, 0) is 39.3 Å². The van der Waals surface area contributed by atoms with Gasteiger partial charge in [-0.15, -0.1) is 0 Å². The fourth-order valence-electron chi connectivity index (χ4n) is 2.75. The molecular formula is C15H29N3O3. The number of aliphatic hydroxyl groups is 1. The quantitative estimate of drug-likeness (QED) is 0.647. The van der Waals surface area contributed by atoms with Crippen molar-refractivity contribution in [2.75, 3.05) is 26.7 Å². The summed E-state index contributed by atoms with van der Waals surface area (Å²) in [6.07, 6.45) is 4.74. The highest BCUT2D eigenvalue weighted by molar-refractivity contribution is 5.74. The number of carbonyl (C=O) groups excluding carboxylic acids is 1. The van der Waals surface area contributed by atoms with Gasteiger partial charge in [0, 0.05) is 12.6 Å². The molecule has 3 atom stereocenters. The standard InChI is InChI=1S/C15H29N3O3/c1-3-4-8-18(2)9-13-14(19)12(10-21-13)17-15(20)16-11-6-5-7-11/h11-14,19H,3-10H2,1-2H3,(H2,16,17,20). The molecule has 0 spiro atoms. The number of hydrogen-bond donors (Lipinski definition) is 3. The first-order chi connectivity index (χ1) is 10.1. The van der Waals surface area contributed by atoms with Crippen LogP contribution in [-0.4, -0.2) is 67.1 Å². The molecule has 3 unspecified atom stereocenters. The molecule has 1 saturated heterocycles. The number of rotatable bonds is 7. The lowest BCUT2D eigenvalue weighted by Crippen LogP contribution is -2.52. The van der Waals surface area contributed by atoms with Crippen LogP contribution >= 0.6 is 0 Å². The van der Waals surface area contributed by atoms with E-state index in [1.54, 1.807) is 0 Å². The second kappa shape index (κ2) is 7.96. The molecule has 2 aliphatic rings. The van der Waals surface area contributed by atoms with Crippen LogP contribution in [0.3, 0.4) is 0 Å². The fourth-order valence-corrected chi connectivity index (χ4v) is 2.75. The third-order valence-electron chi connectivity index (χ3n) is 4.42. The zero-order valence-electron chi connectivity index (χ0n) is 13.2. The summed E-state index contributed by atoms with van der Waals surface area (Å²) in [5.74, 6) is 0. The van der Waals surface area contributed by atoms with Gasteiger partial charge in [0.2, 0.25) is 0 Å². The number of nitrogens with one attached hydrogen (secondary N) is 2. The van der Waals surface area contributed by atoms with Crippen molar-refractivity contribution in [3.63, 3.8) is 0 Å². The van der Waals surface area contributed by atoms with Crippen molar-refractivity contribution in [1.82, 2.24) is 15.5 Å². The third kappa shape index (κ3) is 4.83. The van der Waals surface area contributed by atoms with Gasteiger partial charge in [0.05, 0.1) is 18.8 Å². The number of urea groups is 1. The number of hydrogen-bond acceptors (Lipinski definition) is 4. The third-order valence-corrected chi connectivity index (χ3v) is 4.42. The summed E-state index contributed by atoms with van der Waals surface area (Å²) < 4.78 is 5.64. The second-order valence-electron chi connectivity index (χ2n) is 6.33.